The Balaban J connectivity index is 2.06. The molecule has 6 heteroatoms. The van der Waals surface area contributed by atoms with Crippen LogP contribution in [0.2, 0.25) is 0 Å². The van der Waals surface area contributed by atoms with Gasteiger partial charge in [-0.3, -0.25) is 0 Å². The van der Waals surface area contributed by atoms with Crippen LogP contribution in [0.5, 0.6) is 0 Å². The van der Waals surface area contributed by atoms with E-state index in [0.29, 0.717) is 17.4 Å². The number of nitriles is 1. The number of hydrogen-bond acceptors (Lipinski definition) is 6. The van der Waals surface area contributed by atoms with Crippen molar-refractivity contribution in [3.8, 4) is 6.07 Å². The minimum absolute atomic E-state index is 0.229. The quantitative estimate of drug-likeness (QED) is 0.813. The molecular weight excluding hydrogens is 218 g/mol. The zero-order valence-corrected chi connectivity index (χ0v) is 9.76. The van der Waals surface area contributed by atoms with Gasteiger partial charge in [-0.1, -0.05) is 0 Å². The predicted molar refractivity (Wildman–Crippen MR) is 63.4 cm³/mol. The molecule has 1 aliphatic rings. The molecule has 2 rings (SSSR count). The van der Waals surface area contributed by atoms with Crippen LogP contribution in [0.25, 0.3) is 0 Å². The van der Waals surface area contributed by atoms with Gasteiger partial charge in [0, 0.05) is 26.1 Å². The molecule has 0 unspecified atom stereocenters. The van der Waals surface area contributed by atoms with Crippen molar-refractivity contribution in [2.45, 2.75) is 6.42 Å². The lowest BCUT2D eigenvalue weighted by Crippen LogP contribution is -2.27. The zero-order chi connectivity index (χ0) is 12.3. The average molecular weight is 233 g/mol. The summed E-state index contributed by atoms with van der Waals surface area (Å²) in [6.45, 7) is 2.45. The van der Waals surface area contributed by atoms with Crippen LogP contribution < -0.4 is 10.6 Å². The fraction of sp³-hybridized carbons (Fsp3) is 0.545. The van der Waals surface area contributed by atoms with Crippen LogP contribution in [-0.4, -0.2) is 36.8 Å². The van der Waals surface area contributed by atoms with Gasteiger partial charge >= 0.3 is 0 Å². The minimum Gasteiger partial charge on any atom is -0.382 e. The maximum atomic E-state index is 8.74. The van der Waals surface area contributed by atoms with E-state index in [2.05, 4.69) is 9.97 Å². The van der Waals surface area contributed by atoms with Crippen LogP contribution in [0.3, 0.4) is 0 Å². The highest BCUT2D eigenvalue weighted by Gasteiger charge is 2.19. The molecule has 0 spiro atoms. The summed E-state index contributed by atoms with van der Waals surface area (Å²) in [5.74, 6) is 1.29. The van der Waals surface area contributed by atoms with E-state index in [0.717, 1.165) is 26.2 Å². The summed E-state index contributed by atoms with van der Waals surface area (Å²) in [6.07, 6.45) is 2.52. The predicted octanol–water partition coefficient (Wildman–Crippen LogP) is 0.403. The minimum atomic E-state index is 0.229. The maximum Gasteiger partial charge on any atom is 0.227 e. The average Bonchev–Trinajstić information content (AvgIpc) is 2.81. The van der Waals surface area contributed by atoms with Crippen LogP contribution in [0.4, 0.5) is 11.8 Å². The number of rotatable bonds is 3. The molecule has 0 radical (unpaired) electrons. The Bertz CT molecular complexity index is 436. The van der Waals surface area contributed by atoms with Gasteiger partial charge in [0.1, 0.15) is 17.5 Å². The smallest absolute Gasteiger partial charge is 0.227 e. The standard InChI is InChI=1S/C11H15N5O/c1-16(6-8-2-3-17-7-8)11-14-5-9(4-12)10(13)15-11/h5,8H,2-3,6-7H2,1H3,(H2,13,14,15)/t8-/m0/s1. The molecule has 1 aromatic rings. The van der Waals surface area contributed by atoms with E-state index in [-0.39, 0.29) is 5.82 Å². The number of anilines is 2. The molecule has 90 valence electrons. The van der Waals surface area contributed by atoms with Gasteiger partial charge in [-0.2, -0.15) is 10.2 Å². The van der Waals surface area contributed by atoms with E-state index in [4.69, 9.17) is 15.7 Å². The Morgan fingerprint density at radius 3 is 3.12 bits per heavy atom. The highest BCUT2D eigenvalue weighted by Crippen LogP contribution is 2.17. The summed E-state index contributed by atoms with van der Waals surface area (Å²) in [4.78, 5) is 10.2. The third-order valence-corrected chi connectivity index (χ3v) is 2.82. The van der Waals surface area contributed by atoms with Gasteiger partial charge in [0.2, 0.25) is 5.95 Å². The molecule has 1 aliphatic heterocycles. The number of hydrogen-bond donors (Lipinski definition) is 1. The summed E-state index contributed by atoms with van der Waals surface area (Å²) in [6, 6.07) is 1.95. The Hall–Kier alpha value is -1.87. The molecule has 6 nitrogen and oxygen atoms in total. The van der Waals surface area contributed by atoms with E-state index >= 15 is 0 Å². The summed E-state index contributed by atoms with van der Waals surface area (Å²) in [5, 5.41) is 8.74. The van der Waals surface area contributed by atoms with Gasteiger partial charge in [-0.25, -0.2) is 4.98 Å². The fourth-order valence-electron chi connectivity index (χ4n) is 1.85. The third kappa shape index (κ3) is 2.63. The molecule has 17 heavy (non-hydrogen) atoms. The second-order valence-electron chi connectivity index (χ2n) is 4.19. The van der Waals surface area contributed by atoms with Crippen LogP contribution >= 0.6 is 0 Å². The molecule has 1 aromatic heterocycles. The first-order valence-corrected chi connectivity index (χ1v) is 5.52. The van der Waals surface area contributed by atoms with Gasteiger partial charge in [0.05, 0.1) is 12.8 Å². The molecule has 1 fully saturated rings. The number of aromatic nitrogens is 2. The number of nitrogens with two attached hydrogens (primary N) is 1. The Morgan fingerprint density at radius 2 is 2.53 bits per heavy atom. The number of ether oxygens (including phenoxy) is 1. The number of nitrogen functional groups attached to an aromatic ring is 1. The monoisotopic (exact) mass is 233 g/mol. The normalized spacial score (nSPS) is 18.9. The van der Waals surface area contributed by atoms with Gasteiger partial charge < -0.3 is 15.4 Å². The first-order chi connectivity index (χ1) is 8.20. The summed E-state index contributed by atoms with van der Waals surface area (Å²) in [5.41, 5.74) is 5.96. The first kappa shape index (κ1) is 11.6. The highest BCUT2D eigenvalue weighted by atomic mass is 16.5. The maximum absolute atomic E-state index is 8.74. The second-order valence-corrected chi connectivity index (χ2v) is 4.19. The third-order valence-electron chi connectivity index (χ3n) is 2.82. The van der Waals surface area contributed by atoms with E-state index in [1.807, 2.05) is 18.0 Å². The highest BCUT2D eigenvalue weighted by molar-refractivity contribution is 5.50. The zero-order valence-electron chi connectivity index (χ0n) is 9.76. The molecule has 2 heterocycles. The van der Waals surface area contributed by atoms with Crippen LogP contribution in [0, 0.1) is 17.2 Å². The van der Waals surface area contributed by atoms with E-state index in [1.54, 1.807) is 0 Å². The molecule has 0 bridgehead atoms. The summed E-state index contributed by atoms with van der Waals surface area (Å²) >= 11 is 0. The van der Waals surface area contributed by atoms with Crippen molar-refractivity contribution in [3.05, 3.63) is 11.8 Å². The summed E-state index contributed by atoms with van der Waals surface area (Å²) < 4.78 is 5.32. The van der Waals surface area contributed by atoms with Crippen LogP contribution in [0.1, 0.15) is 12.0 Å². The molecule has 1 saturated heterocycles. The molecular formula is C11H15N5O. The SMILES string of the molecule is CN(C[C@@H]1CCOC1)c1ncc(C#N)c(N)n1. The van der Waals surface area contributed by atoms with Gasteiger partial charge in [-0.05, 0) is 6.42 Å². The lowest BCUT2D eigenvalue weighted by Gasteiger charge is -2.20. The molecule has 0 aliphatic carbocycles. The molecule has 2 N–H and O–H groups in total. The van der Waals surface area contributed by atoms with Crippen molar-refractivity contribution >= 4 is 11.8 Å². The first-order valence-electron chi connectivity index (χ1n) is 5.52. The Morgan fingerprint density at radius 1 is 1.71 bits per heavy atom. The van der Waals surface area contributed by atoms with Gasteiger partial charge in [-0.15, -0.1) is 0 Å². The second kappa shape index (κ2) is 4.97. The number of nitrogens with zero attached hydrogens (tertiary/aromatic N) is 4. The topological polar surface area (TPSA) is 88.1 Å². The van der Waals surface area contributed by atoms with Crippen molar-refractivity contribution in [2.24, 2.45) is 5.92 Å². The van der Waals surface area contributed by atoms with Crippen molar-refractivity contribution < 1.29 is 4.74 Å². The largest absolute Gasteiger partial charge is 0.382 e. The van der Waals surface area contributed by atoms with E-state index in [9.17, 15) is 0 Å². The van der Waals surface area contributed by atoms with Crippen LogP contribution in [0.15, 0.2) is 6.20 Å². The molecule has 0 amide bonds. The van der Waals surface area contributed by atoms with Crippen molar-refractivity contribution in [2.75, 3.05) is 37.4 Å². The van der Waals surface area contributed by atoms with Crippen molar-refractivity contribution in [1.29, 1.82) is 5.26 Å². The molecule has 0 aromatic carbocycles. The Kier molecular flexibility index (Phi) is 3.40. The van der Waals surface area contributed by atoms with E-state index < -0.39 is 0 Å². The summed E-state index contributed by atoms with van der Waals surface area (Å²) in [7, 11) is 1.92. The lowest BCUT2D eigenvalue weighted by molar-refractivity contribution is 0.186. The lowest BCUT2D eigenvalue weighted by atomic mass is 10.1. The fourth-order valence-corrected chi connectivity index (χ4v) is 1.85. The van der Waals surface area contributed by atoms with Crippen molar-refractivity contribution in [3.63, 3.8) is 0 Å². The van der Waals surface area contributed by atoms with Crippen molar-refractivity contribution in [1.82, 2.24) is 9.97 Å². The van der Waals surface area contributed by atoms with Crippen LogP contribution in [-0.2, 0) is 4.74 Å². The van der Waals surface area contributed by atoms with Gasteiger partial charge in [0.15, 0.2) is 0 Å². The Labute approximate surface area is 100 Å². The van der Waals surface area contributed by atoms with E-state index in [1.165, 1.54) is 6.20 Å². The molecule has 1 atom stereocenters. The molecule has 0 saturated carbocycles. The van der Waals surface area contributed by atoms with Gasteiger partial charge in [0.25, 0.3) is 0 Å².